The van der Waals surface area contributed by atoms with Crippen molar-refractivity contribution >= 4 is 23.4 Å². The Balaban J connectivity index is 2.39. The van der Waals surface area contributed by atoms with Gasteiger partial charge in [-0.15, -0.1) is 0 Å². The molecule has 0 aliphatic carbocycles. The van der Waals surface area contributed by atoms with Gasteiger partial charge in [0.2, 0.25) is 0 Å². The Labute approximate surface area is 166 Å². The number of carbonyl (C=O) groups excluding carboxylic acids is 2. The van der Waals surface area contributed by atoms with Crippen molar-refractivity contribution in [2.24, 2.45) is 5.73 Å². The zero-order chi connectivity index (χ0) is 21.1. The largest absolute Gasteiger partial charge is 0.512 e. The average Bonchev–Trinajstić information content (AvgIpc) is 2.95. The molecule has 0 spiro atoms. The van der Waals surface area contributed by atoms with Crippen LogP contribution in [0.25, 0.3) is 5.52 Å². The molecule has 1 amide bonds. The number of aromatic nitrogens is 2. The SMILES string of the molecule is CCCc1c(C(=O)C(N)=O)c2c(OC(=O)O)nc(C)cn2c1Cc1ccccc1. The molecular formula is C21H21N3O5. The third kappa shape index (κ3) is 3.96. The summed E-state index contributed by atoms with van der Waals surface area (Å²) in [6.07, 6.45) is 1.81. The minimum absolute atomic E-state index is 0.0500. The summed E-state index contributed by atoms with van der Waals surface area (Å²) in [6, 6.07) is 9.63. The fourth-order valence-electron chi connectivity index (χ4n) is 3.49. The van der Waals surface area contributed by atoms with E-state index >= 15 is 0 Å². The second kappa shape index (κ2) is 8.14. The van der Waals surface area contributed by atoms with Gasteiger partial charge in [-0.1, -0.05) is 43.7 Å². The van der Waals surface area contributed by atoms with Crippen LogP contribution < -0.4 is 10.5 Å². The molecular weight excluding hydrogens is 374 g/mol. The van der Waals surface area contributed by atoms with Crippen molar-refractivity contribution in [1.82, 2.24) is 9.38 Å². The zero-order valence-corrected chi connectivity index (χ0v) is 16.1. The van der Waals surface area contributed by atoms with E-state index in [1.807, 2.05) is 37.3 Å². The van der Waals surface area contributed by atoms with Gasteiger partial charge in [-0.05, 0) is 24.5 Å². The number of Topliss-reactive ketones (excluding diaryl/α,β-unsaturated/α-hetero) is 1. The van der Waals surface area contributed by atoms with Crippen molar-refractivity contribution in [3.05, 3.63) is 64.6 Å². The number of carboxylic acid groups (broad SMARTS) is 1. The van der Waals surface area contributed by atoms with E-state index in [2.05, 4.69) is 4.98 Å². The minimum Gasteiger partial charge on any atom is -0.449 e. The first-order valence-corrected chi connectivity index (χ1v) is 9.15. The van der Waals surface area contributed by atoms with Crippen LogP contribution in [0.3, 0.4) is 0 Å². The maximum absolute atomic E-state index is 12.7. The lowest BCUT2D eigenvalue weighted by atomic mass is 9.98. The Morgan fingerprint density at radius 2 is 1.90 bits per heavy atom. The van der Waals surface area contributed by atoms with Gasteiger partial charge in [0.15, 0.2) is 0 Å². The molecule has 8 nitrogen and oxygen atoms in total. The fourth-order valence-corrected chi connectivity index (χ4v) is 3.49. The molecule has 0 atom stereocenters. The number of nitrogens with zero attached hydrogens (tertiary/aromatic N) is 2. The molecule has 0 saturated heterocycles. The first kappa shape index (κ1) is 20.1. The van der Waals surface area contributed by atoms with Gasteiger partial charge in [0.25, 0.3) is 17.6 Å². The first-order chi connectivity index (χ1) is 13.8. The molecule has 3 rings (SSSR count). The van der Waals surface area contributed by atoms with Gasteiger partial charge >= 0.3 is 6.16 Å². The number of aryl methyl sites for hydroxylation is 1. The predicted molar refractivity (Wildman–Crippen MR) is 105 cm³/mol. The van der Waals surface area contributed by atoms with E-state index < -0.39 is 17.8 Å². The fraction of sp³-hybridized carbons (Fsp3) is 0.238. The summed E-state index contributed by atoms with van der Waals surface area (Å²) in [4.78, 5) is 39.8. The number of benzene rings is 1. The molecule has 0 bridgehead atoms. The average molecular weight is 395 g/mol. The smallest absolute Gasteiger partial charge is 0.449 e. The summed E-state index contributed by atoms with van der Waals surface area (Å²) in [5, 5.41) is 9.12. The molecule has 3 N–H and O–H groups in total. The van der Waals surface area contributed by atoms with Crippen LogP contribution in [-0.4, -0.2) is 32.3 Å². The van der Waals surface area contributed by atoms with Crippen molar-refractivity contribution in [3.8, 4) is 5.88 Å². The van der Waals surface area contributed by atoms with Gasteiger partial charge in [-0.2, -0.15) is 0 Å². The molecule has 2 aromatic heterocycles. The molecule has 0 aliphatic rings. The van der Waals surface area contributed by atoms with Gasteiger partial charge in [-0.25, -0.2) is 9.78 Å². The van der Waals surface area contributed by atoms with E-state index in [0.29, 0.717) is 30.5 Å². The number of primary amides is 1. The summed E-state index contributed by atoms with van der Waals surface area (Å²) >= 11 is 0. The number of hydrogen-bond acceptors (Lipinski definition) is 5. The van der Waals surface area contributed by atoms with Crippen molar-refractivity contribution in [2.75, 3.05) is 0 Å². The maximum atomic E-state index is 12.7. The summed E-state index contributed by atoms with van der Waals surface area (Å²) in [6.45, 7) is 3.64. The Hall–Kier alpha value is -3.68. The van der Waals surface area contributed by atoms with Crippen LogP contribution in [0, 0.1) is 6.92 Å². The molecule has 0 saturated carbocycles. The lowest BCUT2D eigenvalue weighted by molar-refractivity contribution is -0.114. The topological polar surface area (TPSA) is 124 Å². The Morgan fingerprint density at radius 3 is 2.48 bits per heavy atom. The summed E-state index contributed by atoms with van der Waals surface area (Å²) in [5.41, 5.74) is 8.38. The van der Waals surface area contributed by atoms with E-state index in [9.17, 15) is 14.4 Å². The number of hydrogen-bond donors (Lipinski definition) is 2. The van der Waals surface area contributed by atoms with E-state index in [-0.39, 0.29) is 17.0 Å². The molecule has 8 heteroatoms. The zero-order valence-electron chi connectivity index (χ0n) is 16.1. The van der Waals surface area contributed by atoms with E-state index in [0.717, 1.165) is 11.3 Å². The highest BCUT2D eigenvalue weighted by molar-refractivity contribution is 6.44. The quantitative estimate of drug-likeness (QED) is 0.360. The number of ether oxygens (including phenoxy) is 1. The van der Waals surface area contributed by atoms with Crippen molar-refractivity contribution < 1.29 is 24.2 Å². The van der Waals surface area contributed by atoms with Crippen LogP contribution in [0.1, 0.15) is 46.2 Å². The second-order valence-electron chi connectivity index (χ2n) is 6.68. The number of nitrogens with two attached hydrogens (primary N) is 1. The molecule has 2 heterocycles. The minimum atomic E-state index is -1.56. The van der Waals surface area contributed by atoms with Gasteiger partial charge in [0, 0.05) is 18.3 Å². The summed E-state index contributed by atoms with van der Waals surface area (Å²) < 4.78 is 6.55. The van der Waals surface area contributed by atoms with Crippen molar-refractivity contribution in [3.63, 3.8) is 0 Å². The molecule has 0 radical (unpaired) electrons. The first-order valence-electron chi connectivity index (χ1n) is 9.15. The van der Waals surface area contributed by atoms with Gasteiger partial charge < -0.3 is 20.0 Å². The maximum Gasteiger partial charge on any atom is 0.512 e. The van der Waals surface area contributed by atoms with E-state index in [1.54, 1.807) is 17.5 Å². The highest BCUT2D eigenvalue weighted by atomic mass is 16.7. The molecule has 3 aromatic rings. The normalized spacial score (nSPS) is 10.8. The number of rotatable bonds is 7. The molecule has 0 aliphatic heterocycles. The lowest BCUT2D eigenvalue weighted by Crippen LogP contribution is -2.24. The molecule has 1 aromatic carbocycles. The Bertz CT molecular complexity index is 1100. The number of carbonyl (C=O) groups is 3. The molecule has 29 heavy (non-hydrogen) atoms. The van der Waals surface area contributed by atoms with Crippen molar-refractivity contribution in [2.45, 2.75) is 33.1 Å². The Morgan fingerprint density at radius 1 is 1.21 bits per heavy atom. The third-order valence-electron chi connectivity index (χ3n) is 4.56. The van der Waals surface area contributed by atoms with Crippen LogP contribution in [0.2, 0.25) is 0 Å². The Kier molecular flexibility index (Phi) is 5.63. The van der Waals surface area contributed by atoms with E-state index in [1.165, 1.54) is 0 Å². The van der Waals surface area contributed by atoms with Gasteiger partial charge in [0.05, 0.1) is 11.3 Å². The van der Waals surface area contributed by atoms with Crippen LogP contribution in [0.5, 0.6) is 5.88 Å². The number of amides is 1. The van der Waals surface area contributed by atoms with Crippen LogP contribution in [0.15, 0.2) is 36.5 Å². The van der Waals surface area contributed by atoms with E-state index in [4.69, 9.17) is 15.6 Å². The second-order valence-corrected chi connectivity index (χ2v) is 6.68. The van der Waals surface area contributed by atoms with Crippen LogP contribution >= 0.6 is 0 Å². The number of ketones is 1. The molecule has 0 unspecified atom stereocenters. The standard InChI is InChI=1S/C21H21N3O5/c1-3-7-14-15(10-13-8-5-4-6-9-13)24-11-12(2)23-20(29-21(27)28)17(24)16(14)18(25)19(22)26/h4-6,8-9,11H,3,7,10H2,1-2H3,(H2,22,26)(H,27,28). The summed E-state index contributed by atoms with van der Waals surface area (Å²) in [7, 11) is 0. The summed E-state index contributed by atoms with van der Waals surface area (Å²) in [5.74, 6) is -2.27. The predicted octanol–water partition coefficient (Wildman–Crippen LogP) is 2.91. The van der Waals surface area contributed by atoms with Crippen LogP contribution in [0.4, 0.5) is 4.79 Å². The highest BCUT2D eigenvalue weighted by Crippen LogP contribution is 2.33. The lowest BCUT2D eigenvalue weighted by Gasteiger charge is -2.09. The monoisotopic (exact) mass is 395 g/mol. The third-order valence-corrected chi connectivity index (χ3v) is 4.56. The van der Waals surface area contributed by atoms with Gasteiger partial charge in [-0.3, -0.25) is 9.59 Å². The number of fused-ring (bicyclic) bond motifs is 1. The molecule has 150 valence electrons. The van der Waals surface area contributed by atoms with Crippen LogP contribution in [-0.2, 0) is 17.6 Å². The highest BCUT2D eigenvalue weighted by Gasteiger charge is 2.29. The molecule has 0 fully saturated rings. The van der Waals surface area contributed by atoms with Crippen molar-refractivity contribution in [1.29, 1.82) is 0 Å². The van der Waals surface area contributed by atoms with Gasteiger partial charge in [0.1, 0.15) is 5.52 Å².